The van der Waals surface area contributed by atoms with Gasteiger partial charge in [-0.15, -0.1) is 0 Å². The molecule has 2 heteroatoms. The number of hydrogen-bond donors (Lipinski definition) is 0. The lowest BCUT2D eigenvalue weighted by Crippen LogP contribution is -2.41. The van der Waals surface area contributed by atoms with Crippen LogP contribution in [0.1, 0.15) is 39.7 Å². The summed E-state index contributed by atoms with van der Waals surface area (Å²) in [5.74, 6) is 0.754. The zero-order chi connectivity index (χ0) is 14.8. The highest BCUT2D eigenvalue weighted by atomic mass is 15.2. The van der Waals surface area contributed by atoms with E-state index in [1.54, 1.807) is 0 Å². The van der Waals surface area contributed by atoms with Crippen molar-refractivity contribution in [1.82, 2.24) is 4.90 Å². The number of rotatable bonds is 4. The Bertz CT molecular complexity index is 472. The van der Waals surface area contributed by atoms with Crippen LogP contribution in [0.25, 0.3) is 0 Å². The normalized spacial score (nSPS) is 22.9. The van der Waals surface area contributed by atoms with Gasteiger partial charge in [0.2, 0.25) is 0 Å². The molecule has 1 aromatic rings. The maximum absolute atomic E-state index is 10.0. The molecule has 1 heterocycles. The van der Waals surface area contributed by atoms with Crippen molar-refractivity contribution in [3.05, 3.63) is 35.9 Å². The van der Waals surface area contributed by atoms with E-state index >= 15 is 0 Å². The van der Waals surface area contributed by atoms with E-state index in [-0.39, 0.29) is 5.41 Å². The molecule has 2 nitrogen and oxygen atoms in total. The van der Waals surface area contributed by atoms with Gasteiger partial charge in [0, 0.05) is 12.6 Å². The highest BCUT2D eigenvalue weighted by molar-refractivity contribution is 5.35. The van der Waals surface area contributed by atoms with Gasteiger partial charge in [0.05, 0.1) is 11.5 Å². The third kappa shape index (κ3) is 2.47. The van der Waals surface area contributed by atoms with Crippen molar-refractivity contribution >= 4 is 0 Å². The molecule has 0 saturated carbocycles. The van der Waals surface area contributed by atoms with Crippen molar-refractivity contribution in [2.24, 2.45) is 11.8 Å². The lowest BCUT2D eigenvalue weighted by molar-refractivity contribution is 0.221. The second-order valence-electron chi connectivity index (χ2n) is 6.58. The van der Waals surface area contributed by atoms with Crippen molar-refractivity contribution in [1.29, 1.82) is 5.26 Å². The van der Waals surface area contributed by atoms with Gasteiger partial charge in [0.15, 0.2) is 0 Å². The SMILES string of the molecule is CC(C)N1CC[C@H]([C@](C#N)(c2ccccc2)C(C)C)C1. The molecule has 0 N–H and O–H groups in total. The standard InChI is InChI=1S/C18H26N2/c1-14(2)18(13-19,16-8-6-5-7-9-16)17-10-11-20(12-17)15(3)4/h5-9,14-15,17H,10-12H2,1-4H3/t17-,18-/m0/s1. The molecular formula is C18H26N2. The second-order valence-corrected chi connectivity index (χ2v) is 6.58. The van der Waals surface area contributed by atoms with Gasteiger partial charge in [-0.2, -0.15) is 5.26 Å². The second kappa shape index (κ2) is 5.97. The molecule has 1 aromatic carbocycles. The summed E-state index contributed by atoms with van der Waals surface area (Å²) in [7, 11) is 0. The minimum Gasteiger partial charge on any atom is -0.301 e. The molecule has 0 spiro atoms. The smallest absolute Gasteiger partial charge is 0.0885 e. The van der Waals surface area contributed by atoms with Crippen LogP contribution in [0.3, 0.4) is 0 Å². The van der Waals surface area contributed by atoms with Crippen molar-refractivity contribution in [2.45, 2.75) is 45.6 Å². The Hall–Kier alpha value is -1.33. The third-order valence-electron chi connectivity index (χ3n) is 4.94. The van der Waals surface area contributed by atoms with E-state index in [9.17, 15) is 5.26 Å². The quantitative estimate of drug-likeness (QED) is 0.831. The van der Waals surface area contributed by atoms with Crippen LogP contribution >= 0.6 is 0 Å². The molecule has 0 unspecified atom stereocenters. The van der Waals surface area contributed by atoms with E-state index in [4.69, 9.17) is 0 Å². The number of benzene rings is 1. The van der Waals surface area contributed by atoms with Gasteiger partial charge >= 0.3 is 0 Å². The minimum atomic E-state index is -0.356. The van der Waals surface area contributed by atoms with Crippen LogP contribution in [0.5, 0.6) is 0 Å². The zero-order valence-electron chi connectivity index (χ0n) is 13.1. The zero-order valence-corrected chi connectivity index (χ0v) is 13.1. The summed E-state index contributed by atoms with van der Waals surface area (Å²) in [6, 6.07) is 13.7. The molecule has 0 radical (unpaired) electrons. The number of hydrogen-bond acceptors (Lipinski definition) is 2. The average molecular weight is 270 g/mol. The monoisotopic (exact) mass is 270 g/mol. The summed E-state index contributed by atoms with van der Waals surface area (Å²) in [6.45, 7) is 11.0. The molecule has 1 aliphatic heterocycles. The fraction of sp³-hybridized carbons (Fsp3) is 0.611. The number of nitrogens with zero attached hydrogens (tertiary/aromatic N) is 2. The van der Waals surface area contributed by atoms with Crippen LogP contribution in [-0.2, 0) is 5.41 Å². The molecule has 20 heavy (non-hydrogen) atoms. The van der Waals surface area contributed by atoms with E-state index in [0.717, 1.165) is 19.5 Å². The van der Waals surface area contributed by atoms with Gasteiger partial charge in [0.25, 0.3) is 0 Å². The molecule has 0 amide bonds. The Morgan fingerprint density at radius 3 is 2.30 bits per heavy atom. The van der Waals surface area contributed by atoms with E-state index in [2.05, 4.69) is 62.9 Å². The Balaban J connectivity index is 2.37. The molecule has 1 fully saturated rings. The van der Waals surface area contributed by atoms with Crippen LogP contribution in [0, 0.1) is 23.2 Å². The van der Waals surface area contributed by atoms with Gasteiger partial charge < -0.3 is 4.90 Å². The van der Waals surface area contributed by atoms with Gasteiger partial charge in [-0.3, -0.25) is 0 Å². The maximum atomic E-state index is 10.0. The van der Waals surface area contributed by atoms with E-state index in [0.29, 0.717) is 17.9 Å². The topological polar surface area (TPSA) is 27.0 Å². The minimum absolute atomic E-state index is 0.326. The average Bonchev–Trinajstić information content (AvgIpc) is 2.91. The fourth-order valence-corrected chi connectivity index (χ4v) is 3.67. The molecule has 0 aliphatic carbocycles. The highest BCUT2D eigenvalue weighted by Crippen LogP contribution is 2.43. The predicted molar refractivity (Wildman–Crippen MR) is 83.4 cm³/mol. The van der Waals surface area contributed by atoms with Gasteiger partial charge in [-0.25, -0.2) is 0 Å². The third-order valence-corrected chi connectivity index (χ3v) is 4.94. The fourth-order valence-electron chi connectivity index (χ4n) is 3.67. The predicted octanol–water partition coefficient (Wildman–Crippen LogP) is 3.83. The van der Waals surface area contributed by atoms with Crippen LogP contribution in [0.2, 0.25) is 0 Å². The first kappa shape index (κ1) is 15.1. The van der Waals surface area contributed by atoms with Crippen molar-refractivity contribution in [2.75, 3.05) is 13.1 Å². The molecular weight excluding hydrogens is 244 g/mol. The molecule has 2 rings (SSSR count). The summed E-state index contributed by atoms with van der Waals surface area (Å²) in [5.41, 5.74) is 0.832. The summed E-state index contributed by atoms with van der Waals surface area (Å²) in [4.78, 5) is 2.50. The van der Waals surface area contributed by atoms with Gasteiger partial charge in [-0.05, 0) is 44.2 Å². The van der Waals surface area contributed by atoms with E-state index in [1.807, 2.05) is 6.07 Å². The molecule has 0 aromatic heterocycles. The highest BCUT2D eigenvalue weighted by Gasteiger charge is 2.46. The molecule has 1 saturated heterocycles. The number of nitriles is 1. The van der Waals surface area contributed by atoms with Gasteiger partial charge in [0.1, 0.15) is 0 Å². The number of likely N-dealkylation sites (tertiary alicyclic amines) is 1. The summed E-state index contributed by atoms with van der Waals surface area (Å²) in [5, 5.41) is 10.0. The molecule has 1 aliphatic rings. The van der Waals surface area contributed by atoms with Crippen LogP contribution < -0.4 is 0 Å². The maximum Gasteiger partial charge on any atom is 0.0885 e. The van der Waals surface area contributed by atoms with Crippen LogP contribution in [0.4, 0.5) is 0 Å². The Kier molecular flexibility index (Phi) is 4.50. The van der Waals surface area contributed by atoms with E-state index in [1.165, 1.54) is 5.56 Å². The first-order valence-electron chi connectivity index (χ1n) is 7.73. The summed E-state index contributed by atoms with van der Waals surface area (Å²) < 4.78 is 0. The molecule has 108 valence electrons. The van der Waals surface area contributed by atoms with E-state index < -0.39 is 0 Å². The Morgan fingerprint density at radius 2 is 1.85 bits per heavy atom. The Labute approximate surface area is 123 Å². The Morgan fingerprint density at radius 1 is 1.20 bits per heavy atom. The van der Waals surface area contributed by atoms with Crippen molar-refractivity contribution < 1.29 is 0 Å². The lowest BCUT2D eigenvalue weighted by Gasteiger charge is -2.37. The van der Waals surface area contributed by atoms with Crippen LogP contribution in [0.15, 0.2) is 30.3 Å². The first-order chi connectivity index (χ1) is 9.52. The first-order valence-corrected chi connectivity index (χ1v) is 7.73. The summed E-state index contributed by atoms with van der Waals surface area (Å²) in [6.07, 6.45) is 1.12. The lowest BCUT2D eigenvalue weighted by atomic mass is 9.64. The molecule has 0 bridgehead atoms. The molecule has 2 atom stereocenters. The largest absolute Gasteiger partial charge is 0.301 e. The summed E-state index contributed by atoms with van der Waals surface area (Å²) >= 11 is 0. The van der Waals surface area contributed by atoms with Crippen molar-refractivity contribution in [3.8, 4) is 6.07 Å². The van der Waals surface area contributed by atoms with Crippen LogP contribution in [-0.4, -0.2) is 24.0 Å². The van der Waals surface area contributed by atoms with Gasteiger partial charge in [-0.1, -0.05) is 44.2 Å². The van der Waals surface area contributed by atoms with Crippen molar-refractivity contribution in [3.63, 3.8) is 0 Å².